The topological polar surface area (TPSA) is 39.2 Å². The number of ether oxygens (including phenoxy) is 3. The molecule has 2 bridgehead atoms. The molecule has 5 atom stereocenters. The lowest BCUT2D eigenvalue weighted by Crippen LogP contribution is -2.67. The number of hydrogen-bond acceptors (Lipinski definition) is 4. The van der Waals surface area contributed by atoms with Gasteiger partial charge in [0.2, 0.25) is 0 Å². The Labute approximate surface area is 221 Å². The van der Waals surface area contributed by atoms with Crippen molar-refractivity contribution < 1.29 is 14.2 Å². The molecule has 3 aromatic carbocycles. The Kier molecular flexibility index (Phi) is 3.61. The van der Waals surface area contributed by atoms with E-state index in [2.05, 4.69) is 70.1 Å². The lowest BCUT2D eigenvalue weighted by molar-refractivity contribution is -0.0539. The van der Waals surface area contributed by atoms with Crippen LogP contribution in [0.25, 0.3) is 10.9 Å². The molecule has 2 spiro atoms. The van der Waals surface area contributed by atoms with E-state index in [0.717, 1.165) is 50.4 Å². The minimum absolute atomic E-state index is 0.0404. The largest absolute Gasteiger partial charge is 0.493 e. The van der Waals surface area contributed by atoms with Gasteiger partial charge in [-0.1, -0.05) is 54.6 Å². The van der Waals surface area contributed by atoms with Gasteiger partial charge in [0, 0.05) is 42.2 Å². The number of piperidine rings is 1. The van der Waals surface area contributed by atoms with Gasteiger partial charge in [-0.25, -0.2) is 0 Å². The Hall–Kier alpha value is -3.28. The Morgan fingerprint density at radius 1 is 0.974 bits per heavy atom. The molecule has 2 unspecified atom stereocenters. The summed E-state index contributed by atoms with van der Waals surface area (Å²) in [5.74, 6) is 1.84. The standard InChI is InChI=1S/C33H30N2O3/c1-36-23-13-12-21-17-24-33-30(38-33)25-22-11-5-9-20-10-6-15-35(27(20)22)28(25)31-32(33,26(21)29(23)37-31)14-16-34(24)18-19-7-3-2-4-8-19/h2-5,7-9,11-13,24,30-31H,6,10,14-18H2,1H3/t24-,30?,31+,32+,33?/m1/s1. The van der Waals surface area contributed by atoms with Crippen molar-refractivity contribution in [2.45, 2.75) is 68.0 Å². The quantitative estimate of drug-likeness (QED) is 0.341. The smallest absolute Gasteiger partial charge is 0.166 e. The number of rotatable bonds is 3. The fourth-order valence-electron chi connectivity index (χ4n) is 9.55. The first-order chi connectivity index (χ1) is 18.8. The fraction of sp³-hybridized carbons (Fsp3) is 0.394. The molecular formula is C33H30N2O3. The summed E-state index contributed by atoms with van der Waals surface area (Å²) in [5.41, 5.74) is 9.44. The molecule has 38 heavy (non-hydrogen) atoms. The van der Waals surface area contributed by atoms with E-state index < -0.39 is 0 Å². The Morgan fingerprint density at radius 3 is 2.79 bits per heavy atom. The van der Waals surface area contributed by atoms with E-state index in [4.69, 9.17) is 14.2 Å². The van der Waals surface area contributed by atoms with Crippen LogP contribution in [-0.4, -0.2) is 34.8 Å². The van der Waals surface area contributed by atoms with Crippen molar-refractivity contribution in [1.29, 1.82) is 0 Å². The molecule has 10 rings (SSSR count). The summed E-state index contributed by atoms with van der Waals surface area (Å²) in [6.07, 6.45) is 4.44. The highest BCUT2D eigenvalue weighted by Crippen LogP contribution is 2.79. The van der Waals surface area contributed by atoms with Gasteiger partial charge in [0.15, 0.2) is 17.6 Å². The predicted octanol–water partition coefficient (Wildman–Crippen LogP) is 5.62. The first kappa shape index (κ1) is 20.7. The van der Waals surface area contributed by atoms with E-state index >= 15 is 0 Å². The van der Waals surface area contributed by atoms with Crippen LogP contribution < -0.4 is 9.47 Å². The fourth-order valence-corrected chi connectivity index (χ4v) is 9.55. The molecule has 4 aromatic rings. The molecule has 2 saturated heterocycles. The average molecular weight is 503 g/mol. The molecule has 0 saturated carbocycles. The van der Waals surface area contributed by atoms with Gasteiger partial charge in [0.1, 0.15) is 11.7 Å². The minimum atomic E-state index is -0.258. The predicted molar refractivity (Wildman–Crippen MR) is 144 cm³/mol. The maximum atomic E-state index is 7.21. The molecule has 0 amide bonds. The zero-order valence-electron chi connectivity index (χ0n) is 21.6. The van der Waals surface area contributed by atoms with Crippen molar-refractivity contribution in [1.82, 2.24) is 9.47 Å². The van der Waals surface area contributed by atoms with Crippen molar-refractivity contribution in [2.75, 3.05) is 13.7 Å². The van der Waals surface area contributed by atoms with Gasteiger partial charge in [0.05, 0.1) is 23.7 Å². The highest BCUT2D eigenvalue weighted by molar-refractivity contribution is 5.91. The molecular weight excluding hydrogens is 472 g/mol. The van der Waals surface area contributed by atoms with Crippen LogP contribution in [0.3, 0.4) is 0 Å². The van der Waals surface area contributed by atoms with Gasteiger partial charge in [-0.05, 0) is 48.4 Å². The molecule has 2 aliphatic carbocycles. The zero-order chi connectivity index (χ0) is 24.8. The minimum Gasteiger partial charge on any atom is -0.493 e. The molecule has 190 valence electrons. The zero-order valence-corrected chi connectivity index (χ0v) is 21.6. The second-order valence-electron chi connectivity index (χ2n) is 12.2. The molecule has 0 N–H and O–H groups in total. The van der Waals surface area contributed by atoms with Gasteiger partial charge < -0.3 is 18.8 Å². The average Bonchev–Trinajstić information content (AvgIpc) is 3.45. The Balaban J connectivity index is 1.26. The summed E-state index contributed by atoms with van der Waals surface area (Å²) < 4.78 is 22.9. The normalized spacial score (nSPS) is 32.8. The number of nitrogens with zero attached hydrogens (tertiary/aromatic N) is 2. The third-order valence-electron chi connectivity index (χ3n) is 10.9. The maximum Gasteiger partial charge on any atom is 0.166 e. The molecule has 4 aliphatic heterocycles. The number of hydrogen-bond donors (Lipinski definition) is 0. The van der Waals surface area contributed by atoms with Crippen LogP contribution in [0.5, 0.6) is 11.5 Å². The second-order valence-corrected chi connectivity index (χ2v) is 12.2. The van der Waals surface area contributed by atoms with Crippen molar-refractivity contribution in [3.63, 3.8) is 0 Å². The lowest BCUT2D eigenvalue weighted by Gasteiger charge is -2.56. The van der Waals surface area contributed by atoms with Gasteiger partial charge in [-0.15, -0.1) is 0 Å². The summed E-state index contributed by atoms with van der Waals surface area (Å²) in [7, 11) is 1.77. The van der Waals surface area contributed by atoms with Crippen LogP contribution in [0.4, 0.5) is 0 Å². The van der Waals surface area contributed by atoms with E-state index in [1.165, 1.54) is 50.8 Å². The SMILES string of the molecule is COc1ccc2c3c1O[C@H]1c4c(c5cccc6c5n4CCC6)C4OC45[C@@H](C2)N(Cc2ccccc2)CC[C@]315. The van der Waals surface area contributed by atoms with Gasteiger partial charge >= 0.3 is 0 Å². The first-order valence-corrected chi connectivity index (χ1v) is 14.2. The molecule has 5 heterocycles. The van der Waals surface area contributed by atoms with Gasteiger partial charge in [-0.2, -0.15) is 0 Å². The van der Waals surface area contributed by atoms with Crippen molar-refractivity contribution in [3.05, 3.63) is 94.2 Å². The van der Waals surface area contributed by atoms with E-state index in [1.54, 1.807) is 7.11 Å². The van der Waals surface area contributed by atoms with Crippen LogP contribution in [0.1, 0.15) is 58.6 Å². The highest BCUT2D eigenvalue weighted by atomic mass is 16.6. The third-order valence-corrected chi connectivity index (χ3v) is 10.9. The Morgan fingerprint density at radius 2 is 1.89 bits per heavy atom. The van der Waals surface area contributed by atoms with E-state index in [9.17, 15) is 0 Å². The number of methoxy groups -OCH3 is 1. The number of epoxide rings is 1. The summed E-state index contributed by atoms with van der Waals surface area (Å²) in [6, 6.07) is 22.6. The van der Waals surface area contributed by atoms with E-state index in [0.29, 0.717) is 6.04 Å². The third kappa shape index (κ3) is 2.08. The van der Waals surface area contributed by atoms with Crippen molar-refractivity contribution in [2.24, 2.45) is 0 Å². The molecule has 5 nitrogen and oxygen atoms in total. The number of likely N-dealkylation sites (tertiary alicyclic amines) is 1. The molecule has 6 aliphatic rings. The number of para-hydroxylation sites is 1. The molecule has 1 aromatic heterocycles. The van der Waals surface area contributed by atoms with E-state index in [-0.39, 0.29) is 23.2 Å². The highest BCUT2D eigenvalue weighted by Gasteiger charge is 2.85. The summed E-state index contributed by atoms with van der Waals surface area (Å²) in [6.45, 7) is 3.07. The van der Waals surface area contributed by atoms with Crippen LogP contribution in [0.2, 0.25) is 0 Å². The summed E-state index contributed by atoms with van der Waals surface area (Å²) in [4.78, 5) is 2.72. The summed E-state index contributed by atoms with van der Waals surface area (Å²) in [5, 5.41) is 1.39. The molecule has 2 fully saturated rings. The Bertz CT molecular complexity index is 1690. The van der Waals surface area contributed by atoms with Crippen LogP contribution in [0, 0.1) is 0 Å². The van der Waals surface area contributed by atoms with Crippen molar-refractivity contribution >= 4 is 10.9 Å². The second kappa shape index (κ2) is 6.64. The molecule has 0 radical (unpaired) electrons. The number of aryl methyl sites for hydroxylation is 2. The monoisotopic (exact) mass is 502 g/mol. The summed E-state index contributed by atoms with van der Waals surface area (Å²) >= 11 is 0. The van der Waals surface area contributed by atoms with E-state index in [1.807, 2.05) is 0 Å². The number of benzene rings is 3. The van der Waals surface area contributed by atoms with Crippen LogP contribution in [-0.2, 0) is 36.1 Å². The van der Waals surface area contributed by atoms with Crippen LogP contribution >= 0.6 is 0 Å². The first-order valence-electron chi connectivity index (χ1n) is 14.2. The number of aromatic nitrogens is 1. The van der Waals surface area contributed by atoms with Crippen molar-refractivity contribution in [3.8, 4) is 11.5 Å². The maximum absolute atomic E-state index is 7.21. The molecule has 5 heteroatoms. The lowest BCUT2D eigenvalue weighted by atomic mass is 9.51. The number of fused-ring (bicyclic) bond motifs is 5. The van der Waals surface area contributed by atoms with Crippen LogP contribution in [0.15, 0.2) is 60.7 Å². The van der Waals surface area contributed by atoms with Gasteiger partial charge in [-0.3, -0.25) is 4.90 Å². The van der Waals surface area contributed by atoms with Gasteiger partial charge in [0.25, 0.3) is 0 Å².